The van der Waals surface area contributed by atoms with E-state index >= 15 is 0 Å². The van der Waals surface area contributed by atoms with Crippen molar-refractivity contribution in [3.8, 4) is 0 Å². The Morgan fingerprint density at radius 2 is 2.08 bits per heavy atom. The highest BCUT2D eigenvalue weighted by molar-refractivity contribution is 5.96. The summed E-state index contributed by atoms with van der Waals surface area (Å²) in [7, 11) is 2.92. The van der Waals surface area contributed by atoms with Gasteiger partial charge in [0.25, 0.3) is 0 Å². The summed E-state index contributed by atoms with van der Waals surface area (Å²) in [5.74, 6) is -0.301. The number of hydrogen-bond donors (Lipinski definition) is 2. The van der Waals surface area contributed by atoms with Gasteiger partial charge in [0.2, 0.25) is 5.91 Å². The van der Waals surface area contributed by atoms with Gasteiger partial charge in [-0.1, -0.05) is 0 Å². The summed E-state index contributed by atoms with van der Waals surface area (Å²) in [6.45, 7) is 0. The minimum atomic E-state index is -0.610. The zero-order valence-electron chi connectivity index (χ0n) is 6.94. The first-order valence-electron chi connectivity index (χ1n) is 3.51. The van der Waals surface area contributed by atoms with E-state index in [-0.39, 0.29) is 12.3 Å². The summed E-state index contributed by atoms with van der Waals surface area (Å²) in [4.78, 5) is 24.5. The molecule has 1 heterocycles. The molecule has 0 aromatic rings. The van der Waals surface area contributed by atoms with Gasteiger partial charge in [0.05, 0.1) is 6.42 Å². The molecule has 3 amide bonds. The van der Waals surface area contributed by atoms with E-state index in [0.29, 0.717) is 0 Å². The molecule has 68 valence electrons. The molecule has 2 N–H and O–H groups in total. The maximum Gasteiger partial charge on any atom is 0.327 e. The van der Waals surface area contributed by atoms with Crippen LogP contribution in [0.3, 0.4) is 0 Å². The standard InChI is InChI=1S/C6H11N3O3/c1-8-4(7-12)3-5(10)9(2)6(8)11/h4,7,12H,3H2,1-2H3. The Bertz CT molecular complexity index is 218. The lowest BCUT2D eigenvalue weighted by molar-refractivity contribution is -0.133. The first-order chi connectivity index (χ1) is 5.57. The second-order valence-corrected chi connectivity index (χ2v) is 2.70. The quantitative estimate of drug-likeness (QED) is 0.509. The summed E-state index contributed by atoms with van der Waals surface area (Å²) < 4.78 is 0. The molecule has 0 aromatic heterocycles. The number of hydroxylamine groups is 1. The van der Waals surface area contributed by atoms with E-state index in [0.717, 1.165) is 4.90 Å². The van der Waals surface area contributed by atoms with Crippen LogP contribution in [0.1, 0.15) is 6.42 Å². The van der Waals surface area contributed by atoms with Gasteiger partial charge in [-0.25, -0.2) is 4.79 Å². The van der Waals surface area contributed by atoms with Gasteiger partial charge in [0.15, 0.2) is 0 Å². The highest BCUT2D eigenvalue weighted by Gasteiger charge is 2.33. The average molecular weight is 173 g/mol. The maximum atomic E-state index is 11.2. The predicted octanol–water partition coefficient (Wildman–Crippen LogP) is -0.795. The van der Waals surface area contributed by atoms with E-state index in [2.05, 4.69) is 0 Å². The molecule has 6 nitrogen and oxygen atoms in total. The fraction of sp³-hybridized carbons (Fsp3) is 0.667. The van der Waals surface area contributed by atoms with Gasteiger partial charge in [-0.05, 0) is 0 Å². The lowest BCUT2D eigenvalue weighted by Gasteiger charge is -2.35. The third-order valence-corrected chi connectivity index (χ3v) is 1.95. The van der Waals surface area contributed by atoms with Gasteiger partial charge in [-0.3, -0.25) is 9.69 Å². The molecule has 0 aliphatic carbocycles. The Morgan fingerprint density at radius 1 is 1.50 bits per heavy atom. The highest BCUT2D eigenvalue weighted by atomic mass is 16.5. The van der Waals surface area contributed by atoms with E-state index in [1.54, 1.807) is 0 Å². The minimum Gasteiger partial charge on any atom is -0.315 e. The van der Waals surface area contributed by atoms with Gasteiger partial charge in [-0.2, -0.15) is 5.48 Å². The zero-order chi connectivity index (χ0) is 9.30. The van der Waals surface area contributed by atoms with Crippen LogP contribution in [0.5, 0.6) is 0 Å². The van der Waals surface area contributed by atoms with Crippen molar-refractivity contribution in [2.45, 2.75) is 12.6 Å². The largest absolute Gasteiger partial charge is 0.327 e. The Hall–Kier alpha value is -1.14. The number of imide groups is 1. The topological polar surface area (TPSA) is 72.9 Å². The number of carbonyl (C=O) groups is 2. The average Bonchev–Trinajstić information content (AvgIpc) is 2.08. The first-order valence-corrected chi connectivity index (χ1v) is 3.51. The summed E-state index contributed by atoms with van der Waals surface area (Å²) in [5, 5.41) is 8.57. The Labute approximate surface area is 69.7 Å². The molecule has 0 bridgehead atoms. The lowest BCUT2D eigenvalue weighted by atomic mass is 10.2. The monoisotopic (exact) mass is 173 g/mol. The number of amides is 3. The Morgan fingerprint density at radius 3 is 2.58 bits per heavy atom. The first kappa shape index (κ1) is 8.95. The highest BCUT2D eigenvalue weighted by Crippen LogP contribution is 2.11. The molecule has 6 heteroatoms. The summed E-state index contributed by atoms with van der Waals surface area (Å²) in [5.41, 5.74) is 1.89. The van der Waals surface area contributed by atoms with Crippen LogP contribution >= 0.6 is 0 Å². The normalized spacial score (nSPS) is 25.1. The fourth-order valence-corrected chi connectivity index (χ4v) is 1.05. The van der Waals surface area contributed by atoms with Crippen LogP contribution in [0.2, 0.25) is 0 Å². The Kier molecular flexibility index (Phi) is 2.30. The number of nitrogens with one attached hydrogen (secondary N) is 1. The summed E-state index contributed by atoms with van der Waals surface area (Å²) >= 11 is 0. The molecular weight excluding hydrogens is 162 g/mol. The Balaban J connectivity index is 2.77. The van der Waals surface area contributed by atoms with E-state index in [1.165, 1.54) is 19.0 Å². The van der Waals surface area contributed by atoms with Crippen molar-refractivity contribution in [3.63, 3.8) is 0 Å². The number of urea groups is 1. The second-order valence-electron chi connectivity index (χ2n) is 2.70. The van der Waals surface area contributed by atoms with Gasteiger partial charge < -0.3 is 10.1 Å². The number of nitrogens with zero attached hydrogens (tertiary/aromatic N) is 2. The smallest absolute Gasteiger partial charge is 0.315 e. The van der Waals surface area contributed by atoms with Crippen molar-refractivity contribution in [1.82, 2.24) is 15.3 Å². The SMILES string of the molecule is CN1C(=O)CC(NO)N(C)C1=O. The number of hydrogen-bond acceptors (Lipinski definition) is 4. The van der Waals surface area contributed by atoms with Crippen molar-refractivity contribution in [2.24, 2.45) is 0 Å². The molecule has 0 aromatic carbocycles. The van der Waals surface area contributed by atoms with Gasteiger partial charge in [0.1, 0.15) is 6.17 Å². The van der Waals surface area contributed by atoms with E-state index in [1.807, 2.05) is 5.48 Å². The fourth-order valence-electron chi connectivity index (χ4n) is 1.05. The van der Waals surface area contributed by atoms with Gasteiger partial charge in [-0.15, -0.1) is 0 Å². The van der Waals surface area contributed by atoms with Crippen LogP contribution in [0.15, 0.2) is 0 Å². The second kappa shape index (κ2) is 3.08. The lowest BCUT2D eigenvalue weighted by Crippen LogP contribution is -2.57. The van der Waals surface area contributed by atoms with Crippen LogP contribution < -0.4 is 5.48 Å². The molecule has 0 radical (unpaired) electrons. The third-order valence-electron chi connectivity index (χ3n) is 1.95. The van der Waals surface area contributed by atoms with Crippen LogP contribution in [0.4, 0.5) is 4.79 Å². The summed E-state index contributed by atoms with van der Waals surface area (Å²) in [6, 6.07) is -0.419. The molecule has 1 atom stereocenters. The van der Waals surface area contributed by atoms with Crippen molar-refractivity contribution in [2.75, 3.05) is 14.1 Å². The van der Waals surface area contributed by atoms with Crippen molar-refractivity contribution in [1.29, 1.82) is 0 Å². The maximum absolute atomic E-state index is 11.2. The molecule has 1 rings (SSSR count). The van der Waals surface area contributed by atoms with Gasteiger partial charge >= 0.3 is 6.03 Å². The number of rotatable bonds is 1. The molecule has 0 spiro atoms. The van der Waals surface area contributed by atoms with Gasteiger partial charge in [0, 0.05) is 14.1 Å². The van der Waals surface area contributed by atoms with Crippen molar-refractivity contribution < 1.29 is 14.8 Å². The van der Waals surface area contributed by atoms with E-state index in [4.69, 9.17) is 5.21 Å². The van der Waals surface area contributed by atoms with Crippen LogP contribution in [0.25, 0.3) is 0 Å². The van der Waals surface area contributed by atoms with Crippen LogP contribution in [-0.4, -0.2) is 47.2 Å². The van der Waals surface area contributed by atoms with Crippen LogP contribution in [-0.2, 0) is 4.79 Å². The molecular formula is C6H11N3O3. The molecule has 1 fully saturated rings. The van der Waals surface area contributed by atoms with Crippen LogP contribution in [0, 0.1) is 0 Å². The predicted molar refractivity (Wildman–Crippen MR) is 39.3 cm³/mol. The molecule has 1 aliphatic rings. The third kappa shape index (κ3) is 1.26. The van der Waals surface area contributed by atoms with E-state index < -0.39 is 12.2 Å². The molecule has 12 heavy (non-hydrogen) atoms. The minimum absolute atomic E-state index is 0.0925. The zero-order valence-corrected chi connectivity index (χ0v) is 6.94. The molecule has 0 saturated carbocycles. The van der Waals surface area contributed by atoms with Crippen molar-refractivity contribution >= 4 is 11.9 Å². The molecule has 1 unspecified atom stereocenters. The number of carbonyl (C=O) groups excluding carboxylic acids is 2. The van der Waals surface area contributed by atoms with Crippen molar-refractivity contribution in [3.05, 3.63) is 0 Å². The molecule has 1 saturated heterocycles. The summed E-state index contributed by atoms with van der Waals surface area (Å²) in [6.07, 6.45) is -0.518. The van der Waals surface area contributed by atoms with E-state index in [9.17, 15) is 9.59 Å². The molecule has 1 aliphatic heterocycles.